The second kappa shape index (κ2) is 9.73. The average molecular weight is 340 g/mol. The topological polar surface area (TPSA) is 69.2 Å². The third kappa shape index (κ3) is 6.75. The van der Waals surface area contributed by atoms with Gasteiger partial charge in [-0.3, -0.25) is 4.79 Å². The van der Waals surface area contributed by atoms with Crippen LogP contribution >= 0.6 is 11.6 Å². The molecule has 1 N–H and O–H groups in total. The Labute approximate surface area is 162 Å². The van der Waals surface area contributed by atoms with Crippen molar-refractivity contribution < 1.29 is 44.3 Å². The van der Waals surface area contributed by atoms with Gasteiger partial charge in [-0.25, -0.2) is 0 Å². The van der Waals surface area contributed by atoms with Gasteiger partial charge in [0.25, 0.3) is 0 Å². The molecular formula is C17H15ClNNaO3. The fourth-order valence-electron chi connectivity index (χ4n) is 2.08. The fourth-order valence-corrected chi connectivity index (χ4v) is 2.20. The van der Waals surface area contributed by atoms with E-state index in [2.05, 4.69) is 5.32 Å². The van der Waals surface area contributed by atoms with Gasteiger partial charge in [-0.15, -0.1) is 0 Å². The van der Waals surface area contributed by atoms with Crippen LogP contribution in [0.5, 0.6) is 0 Å². The van der Waals surface area contributed by atoms with Crippen molar-refractivity contribution >= 4 is 23.5 Å². The van der Waals surface area contributed by atoms with Crippen molar-refractivity contribution in [3.8, 4) is 0 Å². The Balaban J connectivity index is 0.00000264. The largest absolute Gasteiger partial charge is 1.00 e. The Morgan fingerprint density at radius 2 is 1.61 bits per heavy atom. The van der Waals surface area contributed by atoms with E-state index in [1.807, 2.05) is 30.3 Å². The molecule has 0 saturated carbocycles. The third-order valence-electron chi connectivity index (χ3n) is 3.18. The van der Waals surface area contributed by atoms with Gasteiger partial charge in [0.15, 0.2) is 0 Å². The third-order valence-corrected chi connectivity index (χ3v) is 3.43. The molecule has 1 atom stereocenters. The zero-order valence-electron chi connectivity index (χ0n) is 12.8. The number of carboxylic acid groups (broad SMARTS) is 1. The predicted octanol–water partition coefficient (Wildman–Crippen LogP) is -1.64. The van der Waals surface area contributed by atoms with Crippen LogP contribution in [0.4, 0.5) is 0 Å². The summed E-state index contributed by atoms with van der Waals surface area (Å²) in [6.45, 7) is 0. The minimum absolute atomic E-state index is 0. The number of carboxylic acids is 1. The van der Waals surface area contributed by atoms with Crippen LogP contribution in [0.1, 0.15) is 11.1 Å². The first-order chi connectivity index (χ1) is 10.5. The van der Waals surface area contributed by atoms with Crippen LogP contribution in [0.25, 0.3) is 0 Å². The molecule has 0 aromatic heterocycles. The van der Waals surface area contributed by atoms with Gasteiger partial charge in [0.2, 0.25) is 5.91 Å². The molecule has 23 heavy (non-hydrogen) atoms. The second-order valence-electron chi connectivity index (χ2n) is 4.93. The molecular weight excluding hydrogens is 325 g/mol. The van der Waals surface area contributed by atoms with Gasteiger partial charge >= 0.3 is 29.6 Å². The molecule has 0 saturated heterocycles. The van der Waals surface area contributed by atoms with E-state index >= 15 is 0 Å². The molecule has 1 unspecified atom stereocenters. The normalized spacial score (nSPS) is 11.2. The van der Waals surface area contributed by atoms with Crippen LogP contribution in [0, 0.1) is 0 Å². The Bertz CT molecular complexity index is 647. The molecule has 0 spiro atoms. The van der Waals surface area contributed by atoms with Gasteiger partial charge in [-0.2, -0.15) is 0 Å². The quantitative estimate of drug-likeness (QED) is 0.642. The predicted molar refractivity (Wildman–Crippen MR) is 82.2 cm³/mol. The standard InChI is InChI=1S/C17H16ClNO3.Na/c18-14-8-6-13(7-9-14)10-15(17(21)22)19-16(20)11-12-4-2-1-3-5-12;/h1-9,15H,10-11H2,(H,19,20)(H,21,22);/q;+1/p-1. The number of amides is 1. The minimum Gasteiger partial charge on any atom is -0.548 e. The number of aliphatic carboxylic acids is 1. The first kappa shape index (κ1) is 19.7. The fraction of sp³-hybridized carbons (Fsp3) is 0.176. The second-order valence-corrected chi connectivity index (χ2v) is 5.37. The maximum Gasteiger partial charge on any atom is 1.00 e. The van der Waals surface area contributed by atoms with Gasteiger partial charge in [-0.1, -0.05) is 54.1 Å². The van der Waals surface area contributed by atoms with Crippen LogP contribution in [-0.2, 0) is 22.4 Å². The Morgan fingerprint density at radius 3 is 2.17 bits per heavy atom. The van der Waals surface area contributed by atoms with Crippen molar-refractivity contribution in [1.29, 1.82) is 0 Å². The summed E-state index contributed by atoms with van der Waals surface area (Å²) in [5, 5.41) is 14.3. The summed E-state index contributed by atoms with van der Waals surface area (Å²) < 4.78 is 0. The summed E-state index contributed by atoms with van der Waals surface area (Å²) in [4.78, 5) is 23.2. The van der Waals surface area contributed by atoms with Crippen molar-refractivity contribution in [2.24, 2.45) is 0 Å². The molecule has 0 radical (unpaired) electrons. The number of carbonyl (C=O) groups excluding carboxylic acids is 2. The van der Waals surface area contributed by atoms with Gasteiger partial charge in [-0.05, 0) is 29.7 Å². The van der Waals surface area contributed by atoms with Crippen LogP contribution in [0.3, 0.4) is 0 Å². The molecule has 0 fully saturated rings. The van der Waals surface area contributed by atoms with Crippen LogP contribution in [-0.4, -0.2) is 17.9 Å². The maximum atomic E-state index is 11.9. The van der Waals surface area contributed by atoms with Gasteiger partial charge < -0.3 is 15.2 Å². The Kier molecular flexibility index (Phi) is 8.34. The first-order valence-electron chi connectivity index (χ1n) is 6.83. The van der Waals surface area contributed by atoms with Gasteiger partial charge in [0.05, 0.1) is 18.4 Å². The van der Waals surface area contributed by atoms with E-state index in [1.165, 1.54) is 0 Å². The monoisotopic (exact) mass is 339 g/mol. The summed E-state index contributed by atoms with van der Waals surface area (Å²) in [7, 11) is 0. The minimum atomic E-state index is -1.31. The number of nitrogens with one attached hydrogen (secondary N) is 1. The zero-order chi connectivity index (χ0) is 15.9. The van der Waals surface area contributed by atoms with Crippen molar-refractivity contribution in [3.63, 3.8) is 0 Å². The molecule has 2 aromatic carbocycles. The zero-order valence-corrected chi connectivity index (χ0v) is 15.5. The summed E-state index contributed by atoms with van der Waals surface area (Å²) in [6.07, 6.45) is 0.283. The van der Waals surface area contributed by atoms with Crippen LogP contribution in [0.15, 0.2) is 54.6 Å². The average Bonchev–Trinajstić information content (AvgIpc) is 2.49. The van der Waals surface area contributed by atoms with E-state index in [4.69, 9.17) is 11.6 Å². The van der Waals surface area contributed by atoms with Crippen LogP contribution < -0.4 is 40.0 Å². The van der Waals surface area contributed by atoms with E-state index in [0.29, 0.717) is 5.02 Å². The Morgan fingerprint density at radius 1 is 1.00 bits per heavy atom. The SMILES string of the molecule is O=C(Cc1ccccc1)NC(Cc1ccc(Cl)cc1)C(=O)[O-].[Na+]. The Hall–Kier alpha value is -1.33. The summed E-state index contributed by atoms with van der Waals surface area (Å²) >= 11 is 5.79. The van der Waals surface area contributed by atoms with E-state index in [-0.39, 0.29) is 48.3 Å². The number of hydrogen-bond donors (Lipinski definition) is 1. The molecule has 114 valence electrons. The van der Waals surface area contributed by atoms with E-state index in [0.717, 1.165) is 11.1 Å². The molecule has 6 heteroatoms. The molecule has 0 bridgehead atoms. The number of halogens is 1. The summed E-state index contributed by atoms with van der Waals surface area (Å²) in [5.74, 6) is -1.66. The molecule has 4 nitrogen and oxygen atoms in total. The van der Waals surface area contributed by atoms with E-state index in [9.17, 15) is 14.7 Å². The summed E-state index contributed by atoms with van der Waals surface area (Å²) in [6, 6.07) is 14.9. The molecule has 0 heterocycles. The number of benzene rings is 2. The molecule has 2 rings (SSSR count). The van der Waals surface area contributed by atoms with E-state index < -0.39 is 12.0 Å². The maximum absolute atomic E-state index is 11.9. The molecule has 0 aliphatic heterocycles. The van der Waals surface area contributed by atoms with Crippen LogP contribution in [0.2, 0.25) is 5.02 Å². The van der Waals surface area contributed by atoms with Gasteiger partial charge in [0.1, 0.15) is 0 Å². The smallest absolute Gasteiger partial charge is 0.548 e. The molecule has 0 aliphatic carbocycles. The van der Waals surface area contributed by atoms with Crippen molar-refractivity contribution in [1.82, 2.24) is 5.32 Å². The summed E-state index contributed by atoms with van der Waals surface area (Å²) in [5.41, 5.74) is 1.59. The van der Waals surface area contributed by atoms with Crippen molar-refractivity contribution in [2.75, 3.05) is 0 Å². The van der Waals surface area contributed by atoms with Gasteiger partial charge in [0, 0.05) is 5.02 Å². The number of carbonyl (C=O) groups is 2. The first-order valence-corrected chi connectivity index (χ1v) is 7.21. The molecule has 2 aromatic rings. The molecule has 0 aliphatic rings. The van der Waals surface area contributed by atoms with E-state index in [1.54, 1.807) is 24.3 Å². The number of rotatable bonds is 6. The molecule has 1 amide bonds. The van der Waals surface area contributed by atoms with Crippen molar-refractivity contribution in [3.05, 3.63) is 70.7 Å². The number of hydrogen-bond acceptors (Lipinski definition) is 3. The van der Waals surface area contributed by atoms with Crippen molar-refractivity contribution in [2.45, 2.75) is 18.9 Å².